The first kappa shape index (κ1) is 11.0. The van der Waals surface area contributed by atoms with E-state index < -0.39 is 11.7 Å². The number of carbonyl (C=O) groups excluding carboxylic acids is 1. The third-order valence-electron chi connectivity index (χ3n) is 1.39. The van der Waals surface area contributed by atoms with Gasteiger partial charge in [0.1, 0.15) is 0 Å². The van der Waals surface area contributed by atoms with Crippen LogP contribution in [-0.2, 0) is 9.47 Å². The predicted octanol–water partition coefficient (Wildman–Crippen LogP) is -0.209. The Labute approximate surface area is 84.6 Å². The number of nitrogens with zero attached hydrogens (tertiary/aromatic N) is 3. The molecule has 0 spiro atoms. The van der Waals surface area contributed by atoms with Gasteiger partial charge in [-0.2, -0.15) is 4.99 Å². The fourth-order valence-corrected chi connectivity index (χ4v) is 0.750. The Morgan fingerprint density at radius 1 is 1.80 bits per heavy atom. The van der Waals surface area contributed by atoms with Crippen molar-refractivity contribution in [3.05, 3.63) is 10.9 Å². The van der Waals surface area contributed by atoms with Crippen molar-refractivity contribution in [3.8, 4) is 0 Å². The molecule has 0 atom stereocenters. The van der Waals surface area contributed by atoms with E-state index in [-0.39, 0.29) is 10.7 Å². The van der Waals surface area contributed by atoms with Crippen molar-refractivity contribution in [1.29, 1.82) is 0 Å². The zero-order valence-electron chi connectivity index (χ0n) is 8.17. The monoisotopic (exact) mass is 215 g/mol. The standard InChI is InChI=1S/C7H9N3O5/c1-3-14-4-8-6-5(7(11)13-2)10(12)15-9-6/h4H,3H2,1-2H3. The highest BCUT2D eigenvalue weighted by Crippen LogP contribution is 2.11. The molecule has 15 heavy (non-hydrogen) atoms. The van der Waals surface area contributed by atoms with E-state index in [0.717, 1.165) is 13.5 Å². The van der Waals surface area contributed by atoms with Gasteiger partial charge in [-0.05, 0) is 11.8 Å². The molecule has 0 amide bonds. The molecule has 1 heterocycles. The Morgan fingerprint density at radius 3 is 3.13 bits per heavy atom. The highest BCUT2D eigenvalue weighted by molar-refractivity contribution is 5.90. The number of rotatable bonds is 4. The van der Waals surface area contributed by atoms with Gasteiger partial charge in [0.15, 0.2) is 6.40 Å². The van der Waals surface area contributed by atoms with E-state index in [1.54, 1.807) is 6.92 Å². The van der Waals surface area contributed by atoms with Gasteiger partial charge in [-0.25, -0.2) is 4.79 Å². The summed E-state index contributed by atoms with van der Waals surface area (Å²) < 4.78 is 13.3. The maximum absolute atomic E-state index is 11.1. The molecule has 8 nitrogen and oxygen atoms in total. The second-order valence-corrected chi connectivity index (χ2v) is 2.28. The molecule has 0 aliphatic rings. The van der Waals surface area contributed by atoms with Crippen molar-refractivity contribution in [3.63, 3.8) is 0 Å². The number of hydrogen-bond donors (Lipinski definition) is 0. The Bertz CT molecular complexity index is 373. The van der Waals surface area contributed by atoms with Crippen molar-refractivity contribution >= 4 is 18.2 Å². The first-order valence-electron chi connectivity index (χ1n) is 4.02. The lowest BCUT2D eigenvalue weighted by molar-refractivity contribution is -0.804. The highest BCUT2D eigenvalue weighted by atomic mass is 16.8. The van der Waals surface area contributed by atoms with Gasteiger partial charge >= 0.3 is 17.5 Å². The van der Waals surface area contributed by atoms with Gasteiger partial charge in [-0.1, -0.05) is 0 Å². The van der Waals surface area contributed by atoms with Crippen molar-refractivity contribution in [2.75, 3.05) is 13.7 Å². The van der Waals surface area contributed by atoms with E-state index >= 15 is 0 Å². The number of aliphatic imine (C=N–C) groups is 1. The van der Waals surface area contributed by atoms with Crippen LogP contribution in [0.5, 0.6) is 0 Å². The molecule has 0 bridgehead atoms. The van der Waals surface area contributed by atoms with E-state index in [2.05, 4.69) is 19.5 Å². The lowest BCUT2D eigenvalue weighted by atomic mass is 10.4. The average molecular weight is 215 g/mol. The Balaban J connectivity index is 2.93. The fourth-order valence-electron chi connectivity index (χ4n) is 0.750. The van der Waals surface area contributed by atoms with Crippen molar-refractivity contribution < 1.29 is 23.8 Å². The Hall–Kier alpha value is -2.12. The normalized spacial score (nSPS) is 10.5. The summed E-state index contributed by atoms with van der Waals surface area (Å²) >= 11 is 0. The lowest BCUT2D eigenvalue weighted by Gasteiger charge is -1.93. The molecule has 0 fully saturated rings. The van der Waals surface area contributed by atoms with Crippen LogP contribution in [0.4, 0.5) is 5.82 Å². The van der Waals surface area contributed by atoms with Gasteiger partial charge in [0.25, 0.3) is 0 Å². The molecule has 1 aromatic rings. The summed E-state index contributed by atoms with van der Waals surface area (Å²) in [6, 6.07) is 0. The van der Waals surface area contributed by atoms with Gasteiger partial charge in [-0.15, -0.1) is 0 Å². The van der Waals surface area contributed by atoms with Crippen LogP contribution >= 0.6 is 0 Å². The van der Waals surface area contributed by atoms with E-state index in [1.807, 2.05) is 0 Å². The number of ether oxygens (including phenoxy) is 2. The number of methoxy groups -OCH3 is 1. The second-order valence-electron chi connectivity index (χ2n) is 2.28. The quantitative estimate of drug-likeness (QED) is 0.298. The maximum Gasteiger partial charge on any atom is 0.389 e. The van der Waals surface area contributed by atoms with Gasteiger partial charge in [0.05, 0.1) is 18.9 Å². The van der Waals surface area contributed by atoms with Crippen LogP contribution in [-0.4, -0.2) is 31.2 Å². The second kappa shape index (κ2) is 4.94. The summed E-state index contributed by atoms with van der Waals surface area (Å²) in [5, 5.41) is 14.2. The number of carbonyl (C=O) groups is 1. The molecule has 0 aromatic carbocycles. The molecular weight excluding hydrogens is 206 g/mol. The fraction of sp³-hybridized carbons (Fsp3) is 0.429. The van der Waals surface area contributed by atoms with Crippen molar-refractivity contribution in [2.45, 2.75) is 6.92 Å². The first-order valence-corrected chi connectivity index (χ1v) is 4.02. The van der Waals surface area contributed by atoms with E-state index in [9.17, 15) is 10.0 Å². The molecule has 1 aromatic heterocycles. The largest absolute Gasteiger partial charge is 0.483 e. The minimum Gasteiger partial charge on any atom is -0.483 e. The molecule has 82 valence electrons. The molecule has 1 rings (SSSR count). The number of hydrogen-bond acceptors (Lipinski definition) is 7. The topological polar surface area (TPSA) is 101 Å². The van der Waals surface area contributed by atoms with Crippen LogP contribution in [0.15, 0.2) is 9.62 Å². The SMILES string of the molecule is CCOC=Nc1no[n+]([O-])c1C(=O)OC. The van der Waals surface area contributed by atoms with Crippen LogP contribution in [0.1, 0.15) is 17.4 Å². The van der Waals surface area contributed by atoms with E-state index in [1.165, 1.54) is 0 Å². The number of esters is 1. The summed E-state index contributed by atoms with van der Waals surface area (Å²) in [6.07, 6.45) is 1.06. The zero-order chi connectivity index (χ0) is 11.3. The molecule has 0 radical (unpaired) electrons. The lowest BCUT2D eigenvalue weighted by Crippen LogP contribution is -2.31. The molecular formula is C7H9N3O5. The van der Waals surface area contributed by atoms with Gasteiger partial charge < -0.3 is 14.7 Å². The van der Waals surface area contributed by atoms with Crippen LogP contribution in [0, 0.1) is 5.21 Å². The molecule has 0 unspecified atom stereocenters. The third-order valence-corrected chi connectivity index (χ3v) is 1.39. The minimum atomic E-state index is -0.880. The minimum absolute atomic E-state index is 0.0789. The van der Waals surface area contributed by atoms with E-state index in [4.69, 9.17) is 4.74 Å². The summed E-state index contributed by atoms with van der Waals surface area (Å²) in [6.45, 7) is 2.16. The predicted molar refractivity (Wildman–Crippen MR) is 46.6 cm³/mol. The molecule has 8 heteroatoms. The van der Waals surface area contributed by atoms with Crippen LogP contribution in [0.2, 0.25) is 0 Å². The molecule has 0 aliphatic heterocycles. The van der Waals surface area contributed by atoms with Gasteiger partial charge in [0, 0.05) is 0 Å². The summed E-state index contributed by atoms with van der Waals surface area (Å²) in [7, 11) is 1.13. The molecule has 0 saturated carbocycles. The maximum atomic E-state index is 11.1. The zero-order valence-corrected chi connectivity index (χ0v) is 8.17. The van der Waals surface area contributed by atoms with Crippen molar-refractivity contribution in [1.82, 2.24) is 5.16 Å². The summed E-state index contributed by atoms with van der Waals surface area (Å²) in [5.41, 5.74) is -0.423. The number of aromatic nitrogens is 2. The van der Waals surface area contributed by atoms with Crippen LogP contribution < -0.4 is 4.90 Å². The highest BCUT2D eigenvalue weighted by Gasteiger charge is 2.27. The van der Waals surface area contributed by atoms with Gasteiger partial charge in [0.2, 0.25) is 0 Å². The van der Waals surface area contributed by atoms with Crippen LogP contribution in [0.3, 0.4) is 0 Å². The van der Waals surface area contributed by atoms with Crippen LogP contribution in [0.25, 0.3) is 0 Å². The van der Waals surface area contributed by atoms with Gasteiger partial charge in [-0.3, -0.25) is 4.63 Å². The smallest absolute Gasteiger partial charge is 0.389 e. The summed E-state index contributed by atoms with van der Waals surface area (Å²) in [5.74, 6) is -1.07. The Kier molecular flexibility index (Phi) is 3.61. The molecule has 0 saturated heterocycles. The first-order chi connectivity index (χ1) is 7.20. The summed E-state index contributed by atoms with van der Waals surface area (Å²) in [4.78, 5) is 14.6. The Morgan fingerprint density at radius 2 is 2.53 bits per heavy atom. The third kappa shape index (κ3) is 2.42. The average Bonchev–Trinajstić information content (AvgIpc) is 2.59. The molecule has 0 N–H and O–H groups in total. The van der Waals surface area contributed by atoms with Crippen molar-refractivity contribution in [2.24, 2.45) is 4.99 Å². The van der Waals surface area contributed by atoms with E-state index in [0.29, 0.717) is 6.61 Å². The molecule has 0 aliphatic carbocycles.